The molecule has 0 aromatic heterocycles. The van der Waals surface area contributed by atoms with Gasteiger partial charge in [-0.2, -0.15) is 0 Å². The van der Waals surface area contributed by atoms with Crippen molar-refractivity contribution in [2.24, 2.45) is 0 Å². The number of carbonyl (C=O) groups is 1. The molecule has 0 radical (unpaired) electrons. The summed E-state index contributed by atoms with van der Waals surface area (Å²) in [6.07, 6.45) is 2.00. The molecule has 24 heavy (non-hydrogen) atoms. The molecule has 128 valence electrons. The number of carbonyl (C=O) groups excluding carboxylic acids is 1. The van der Waals surface area contributed by atoms with Crippen molar-refractivity contribution in [3.05, 3.63) is 54.1 Å². The summed E-state index contributed by atoms with van der Waals surface area (Å²) in [5.74, 6) is 1.14. The van der Waals surface area contributed by atoms with Crippen LogP contribution in [0.1, 0.15) is 12.0 Å². The highest BCUT2D eigenvalue weighted by Crippen LogP contribution is 2.29. The molecule has 0 aliphatic heterocycles. The van der Waals surface area contributed by atoms with E-state index in [0.29, 0.717) is 17.2 Å². The van der Waals surface area contributed by atoms with Crippen molar-refractivity contribution < 1.29 is 14.3 Å². The zero-order valence-electron chi connectivity index (χ0n) is 14.2. The average molecular weight is 328 g/mol. The van der Waals surface area contributed by atoms with E-state index in [0.717, 1.165) is 19.4 Å². The van der Waals surface area contributed by atoms with Crippen molar-refractivity contribution in [2.75, 3.05) is 32.6 Å². The first kappa shape index (κ1) is 17.8. The summed E-state index contributed by atoms with van der Waals surface area (Å²) in [5.41, 5.74) is 2.00. The van der Waals surface area contributed by atoms with Crippen molar-refractivity contribution in [3.8, 4) is 11.5 Å². The first-order chi connectivity index (χ1) is 11.7. The first-order valence-corrected chi connectivity index (χ1v) is 7.99. The van der Waals surface area contributed by atoms with Gasteiger partial charge in [0, 0.05) is 11.8 Å². The van der Waals surface area contributed by atoms with E-state index in [4.69, 9.17) is 9.47 Å². The Morgan fingerprint density at radius 2 is 1.75 bits per heavy atom. The van der Waals surface area contributed by atoms with E-state index in [-0.39, 0.29) is 12.5 Å². The molecule has 0 unspecified atom stereocenters. The maximum absolute atomic E-state index is 12.0. The van der Waals surface area contributed by atoms with Crippen LogP contribution in [0.5, 0.6) is 11.5 Å². The molecule has 0 saturated carbocycles. The van der Waals surface area contributed by atoms with Crippen LogP contribution >= 0.6 is 0 Å². The van der Waals surface area contributed by atoms with Gasteiger partial charge in [-0.15, -0.1) is 0 Å². The molecule has 2 aromatic rings. The minimum atomic E-state index is -0.0815. The molecule has 0 atom stereocenters. The largest absolute Gasteiger partial charge is 0.493 e. The van der Waals surface area contributed by atoms with Gasteiger partial charge < -0.3 is 20.1 Å². The monoisotopic (exact) mass is 328 g/mol. The lowest BCUT2D eigenvalue weighted by Gasteiger charge is -2.11. The molecule has 5 nitrogen and oxygen atoms in total. The number of hydrogen-bond donors (Lipinski definition) is 2. The van der Waals surface area contributed by atoms with E-state index >= 15 is 0 Å². The third kappa shape index (κ3) is 5.59. The second-order valence-corrected chi connectivity index (χ2v) is 5.38. The second kappa shape index (κ2) is 9.57. The molecule has 0 aliphatic carbocycles. The molecule has 0 bridgehead atoms. The molecule has 2 N–H and O–H groups in total. The standard InChI is InChI=1S/C19H24N2O3/c1-23-17-11-10-16(13-18(17)24-2)21-19(22)14-20-12-6-9-15-7-4-3-5-8-15/h3-5,7-8,10-11,13,20H,6,9,12,14H2,1-2H3,(H,21,22). The molecular weight excluding hydrogens is 304 g/mol. The van der Waals surface area contributed by atoms with Crippen LogP contribution in [0, 0.1) is 0 Å². The van der Waals surface area contributed by atoms with Crippen LogP contribution in [0.15, 0.2) is 48.5 Å². The van der Waals surface area contributed by atoms with Gasteiger partial charge in [0.25, 0.3) is 0 Å². The lowest BCUT2D eigenvalue weighted by atomic mass is 10.1. The maximum Gasteiger partial charge on any atom is 0.238 e. The summed E-state index contributed by atoms with van der Waals surface area (Å²) in [7, 11) is 3.15. The fraction of sp³-hybridized carbons (Fsp3) is 0.316. The molecule has 1 amide bonds. The van der Waals surface area contributed by atoms with Crippen molar-refractivity contribution >= 4 is 11.6 Å². The van der Waals surface area contributed by atoms with Gasteiger partial charge in [0.15, 0.2) is 11.5 Å². The fourth-order valence-electron chi connectivity index (χ4n) is 2.38. The number of aryl methyl sites for hydroxylation is 1. The quantitative estimate of drug-likeness (QED) is 0.695. The molecule has 0 saturated heterocycles. The Kier molecular flexibility index (Phi) is 7.11. The zero-order valence-corrected chi connectivity index (χ0v) is 14.2. The van der Waals surface area contributed by atoms with Crippen LogP contribution < -0.4 is 20.1 Å². The van der Waals surface area contributed by atoms with Crippen LogP contribution in [0.2, 0.25) is 0 Å². The second-order valence-electron chi connectivity index (χ2n) is 5.38. The van der Waals surface area contributed by atoms with Crippen LogP contribution in [0.25, 0.3) is 0 Å². The predicted octanol–water partition coefficient (Wildman–Crippen LogP) is 2.86. The molecule has 0 spiro atoms. The van der Waals surface area contributed by atoms with E-state index < -0.39 is 0 Å². The number of hydrogen-bond acceptors (Lipinski definition) is 4. The van der Waals surface area contributed by atoms with E-state index in [1.165, 1.54) is 5.56 Å². The van der Waals surface area contributed by atoms with E-state index in [1.807, 2.05) is 18.2 Å². The zero-order chi connectivity index (χ0) is 17.2. The number of ether oxygens (including phenoxy) is 2. The number of methoxy groups -OCH3 is 2. The van der Waals surface area contributed by atoms with E-state index in [1.54, 1.807) is 32.4 Å². The molecule has 0 heterocycles. The minimum absolute atomic E-state index is 0.0815. The van der Waals surface area contributed by atoms with Gasteiger partial charge in [0.1, 0.15) is 0 Å². The lowest BCUT2D eigenvalue weighted by molar-refractivity contribution is -0.115. The van der Waals surface area contributed by atoms with Crippen LogP contribution in [0.3, 0.4) is 0 Å². The Bertz CT molecular complexity index is 644. The van der Waals surface area contributed by atoms with Gasteiger partial charge in [-0.25, -0.2) is 0 Å². The maximum atomic E-state index is 12.0. The topological polar surface area (TPSA) is 59.6 Å². The number of nitrogens with one attached hydrogen (secondary N) is 2. The molecule has 5 heteroatoms. The third-order valence-electron chi connectivity index (χ3n) is 3.61. The normalized spacial score (nSPS) is 10.2. The summed E-state index contributed by atoms with van der Waals surface area (Å²) in [4.78, 5) is 12.0. The Morgan fingerprint density at radius 1 is 1.00 bits per heavy atom. The highest BCUT2D eigenvalue weighted by atomic mass is 16.5. The smallest absolute Gasteiger partial charge is 0.238 e. The summed E-state index contributed by atoms with van der Waals surface area (Å²) in [6, 6.07) is 15.6. The minimum Gasteiger partial charge on any atom is -0.493 e. The van der Waals surface area contributed by atoms with E-state index in [9.17, 15) is 4.79 Å². The number of rotatable bonds is 9. The van der Waals surface area contributed by atoms with Gasteiger partial charge in [0.2, 0.25) is 5.91 Å². The molecule has 0 aliphatic rings. The van der Waals surface area contributed by atoms with Gasteiger partial charge >= 0.3 is 0 Å². The van der Waals surface area contributed by atoms with Crippen LogP contribution in [0.4, 0.5) is 5.69 Å². The number of anilines is 1. The highest BCUT2D eigenvalue weighted by molar-refractivity contribution is 5.92. The van der Waals surface area contributed by atoms with Crippen molar-refractivity contribution in [2.45, 2.75) is 12.8 Å². The summed E-state index contributed by atoms with van der Waals surface area (Å²) >= 11 is 0. The highest BCUT2D eigenvalue weighted by Gasteiger charge is 2.07. The first-order valence-electron chi connectivity index (χ1n) is 7.99. The predicted molar refractivity (Wildman–Crippen MR) is 95.8 cm³/mol. The molecule has 2 aromatic carbocycles. The number of benzene rings is 2. The van der Waals surface area contributed by atoms with Crippen LogP contribution in [-0.2, 0) is 11.2 Å². The Balaban J connectivity index is 1.69. The molecule has 2 rings (SSSR count). The van der Waals surface area contributed by atoms with Crippen molar-refractivity contribution in [1.82, 2.24) is 5.32 Å². The Labute approximate surface area is 143 Å². The third-order valence-corrected chi connectivity index (χ3v) is 3.61. The fourth-order valence-corrected chi connectivity index (χ4v) is 2.38. The van der Waals surface area contributed by atoms with Crippen LogP contribution in [-0.4, -0.2) is 33.2 Å². The molecule has 0 fully saturated rings. The lowest BCUT2D eigenvalue weighted by Crippen LogP contribution is -2.28. The van der Waals surface area contributed by atoms with Gasteiger partial charge in [-0.05, 0) is 37.1 Å². The Hall–Kier alpha value is -2.53. The molecular formula is C19H24N2O3. The van der Waals surface area contributed by atoms with Gasteiger partial charge in [0.05, 0.1) is 20.8 Å². The number of amides is 1. The summed E-state index contributed by atoms with van der Waals surface area (Å²) < 4.78 is 10.4. The van der Waals surface area contributed by atoms with Crippen molar-refractivity contribution in [3.63, 3.8) is 0 Å². The van der Waals surface area contributed by atoms with Gasteiger partial charge in [-0.3, -0.25) is 4.79 Å². The summed E-state index contributed by atoms with van der Waals surface area (Å²) in [5, 5.41) is 6.00. The Morgan fingerprint density at radius 3 is 2.46 bits per heavy atom. The van der Waals surface area contributed by atoms with E-state index in [2.05, 4.69) is 22.8 Å². The SMILES string of the molecule is COc1ccc(NC(=O)CNCCCc2ccccc2)cc1OC. The summed E-state index contributed by atoms with van der Waals surface area (Å²) in [6.45, 7) is 1.08. The average Bonchev–Trinajstić information content (AvgIpc) is 2.62. The van der Waals surface area contributed by atoms with Crippen molar-refractivity contribution in [1.29, 1.82) is 0 Å². The van der Waals surface area contributed by atoms with Gasteiger partial charge in [-0.1, -0.05) is 30.3 Å².